The molecule has 1 aromatic heterocycles. The van der Waals surface area contributed by atoms with Crippen LogP contribution in [0.4, 0.5) is 5.82 Å². The van der Waals surface area contributed by atoms with Gasteiger partial charge in [-0.1, -0.05) is 0 Å². The second kappa shape index (κ2) is 7.06. The number of benzene rings is 1. The number of hydrogen-bond acceptors (Lipinski definition) is 8. The Morgan fingerprint density at radius 1 is 0.958 bits per heavy atom. The summed E-state index contributed by atoms with van der Waals surface area (Å²) in [5.74, 6) is 2.37. The first-order valence-electron chi connectivity index (χ1n) is 7.81. The number of anilines is 1. The number of methoxy groups -OCH3 is 3. The third-order valence-electron chi connectivity index (χ3n) is 4.20. The Kier molecular flexibility index (Phi) is 4.86. The van der Waals surface area contributed by atoms with Crippen molar-refractivity contribution < 1.29 is 14.2 Å². The van der Waals surface area contributed by atoms with Crippen molar-refractivity contribution in [3.63, 3.8) is 0 Å². The average Bonchev–Trinajstić information content (AvgIpc) is 2.62. The fraction of sp³-hybridized carbons (Fsp3) is 0.500. The fourth-order valence-electron chi connectivity index (χ4n) is 2.82. The van der Waals surface area contributed by atoms with E-state index in [1.165, 1.54) is 6.33 Å². The molecule has 1 saturated heterocycles. The predicted octanol–water partition coefficient (Wildman–Crippen LogP) is 1.23. The normalized spacial score (nSPS) is 16.2. The molecule has 1 N–H and O–H groups in total. The summed E-state index contributed by atoms with van der Waals surface area (Å²) in [5.41, 5.74) is 4.07. The van der Waals surface area contributed by atoms with E-state index >= 15 is 0 Å². The van der Waals surface area contributed by atoms with Crippen LogP contribution in [0.3, 0.4) is 0 Å². The molecule has 2 heterocycles. The lowest BCUT2D eigenvalue weighted by Gasteiger charge is -2.32. The second-order valence-corrected chi connectivity index (χ2v) is 5.67. The number of likely N-dealkylation sites (N-methyl/N-ethyl adjacent to an activating group) is 1. The molecule has 3 rings (SSSR count). The van der Waals surface area contributed by atoms with Gasteiger partial charge in [0.1, 0.15) is 11.8 Å². The molecule has 0 spiro atoms. The van der Waals surface area contributed by atoms with E-state index in [2.05, 4.69) is 32.4 Å². The number of hydrogen-bond donors (Lipinski definition) is 1. The van der Waals surface area contributed by atoms with Crippen LogP contribution in [0, 0.1) is 0 Å². The largest absolute Gasteiger partial charge is 0.493 e. The molecule has 0 unspecified atom stereocenters. The van der Waals surface area contributed by atoms with Gasteiger partial charge in [-0.05, 0) is 13.1 Å². The summed E-state index contributed by atoms with van der Waals surface area (Å²) in [5, 5.41) is 2.98. The molecule has 2 aromatic rings. The van der Waals surface area contributed by atoms with Gasteiger partial charge >= 0.3 is 0 Å². The molecule has 1 aliphatic rings. The quantitative estimate of drug-likeness (QED) is 0.876. The summed E-state index contributed by atoms with van der Waals surface area (Å²) in [6.45, 7) is 3.87. The lowest BCUT2D eigenvalue weighted by molar-refractivity contribution is 0.178. The molecule has 0 amide bonds. The number of nitrogens with one attached hydrogen (secondary N) is 1. The molecule has 0 aliphatic carbocycles. The highest BCUT2D eigenvalue weighted by Gasteiger charge is 2.21. The lowest BCUT2D eigenvalue weighted by Crippen LogP contribution is -2.47. The molecule has 0 bridgehead atoms. The number of rotatable bonds is 5. The van der Waals surface area contributed by atoms with E-state index < -0.39 is 0 Å². The van der Waals surface area contributed by atoms with Gasteiger partial charge in [0, 0.05) is 26.2 Å². The highest BCUT2D eigenvalue weighted by Crippen LogP contribution is 2.43. The number of fused-ring (bicyclic) bond motifs is 1. The van der Waals surface area contributed by atoms with Crippen molar-refractivity contribution >= 4 is 16.7 Å². The zero-order valence-electron chi connectivity index (χ0n) is 14.5. The number of aromatic nitrogens is 2. The molecule has 0 saturated carbocycles. The van der Waals surface area contributed by atoms with Crippen LogP contribution in [-0.4, -0.2) is 74.4 Å². The van der Waals surface area contributed by atoms with Crippen LogP contribution >= 0.6 is 0 Å². The van der Waals surface area contributed by atoms with Crippen LogP contribution in [0.25, 0.3) is 10.9 Å². The molecule has 24 heavy (non-hydrogen) atoms. The van der Waals surface area contributed by atoms with Crippen molar-refractivity contribution in [2.75, 3.05) is 60.0 Å². The molecule has 1 fully saturated rings. The van der Waals surface area contributed by atoms with Crippen LogP contribution in [-0.2, 0) is 0 Å². The molecule has 1 aliphatic heterocycles. The second-order valence-electron chi connectivity index (χ2n) is 5.67. The number of hydrazine groups is 1. The van der Waals surface area contributed by atoms with Crippen LogP contribution in [0.2, 0.25) is 0 Å². The zero-order valence-corrected chi connectivity index (χ0v) is 14.5. The monoisotopic (exact) mass is 333 g/mol. The summed E-state index contributed by atoms with van der Waals surface area (Å²) < 4.78 is 16.4. The molecular weight excluding hydrogens is 310 g/mol. The first kappa shape index (κ1) is 16.5. The summed E-state index contributed by atoms with van der Waals surface area (Å²) in [4.78, 5) is 11.1. The van der Waals surface area contributed by atoms with E-state index in [4.69, 9.17) is 14.2 Å². The van der Waals surface area contributed by atoms with Crippen molar-refractivity contribution in [3.8, 4) is 17.2 Å². The van der Waals surface area contributed by atoms with Crippen LogP contribution in [0.5, 0.6) is 17.2 Å². The Morgan fingerprint density at radius 2 is 1.67 bits per heavy atom. The van der Waals surface area contributed by atoms with Crippen molar-refractivity contribution in [3.05, 3.63) is 12.4 Å². The van der Waals surface area contributed by atoms with Gasteiger partial charge in [-0.2, -0.15) is 0 Å². The molecule has 8 heteroatoms. The van der Waals surface area contributed by atoms with Gasteiger partial charge in [0.15, 0.2) is 17.3 Å². The first-order chi connectivity index (χ1) is 11.7. The van der Waals surface area contributed by atoms with Gasteiger partial charge in [0.05, 0.1) is 26.7 Å². The smallest absolute Gasteiger partial charge is 0.205 e. The van der Waals surface area contributed by atoms with Gasteiger partial charge < -0.3 is 24.5 Å². The minimum absolute atomic E-state index is 0.525. The van der Waals surface area contributed by atoms with Crippen molar-refractivity contribution in [1.29, 1.82) is 0 Å². The van der Waals surface area contributed by atoms with E-state index in [0.29, 0.717) is 22.8 Å². The summed E-state index contributed by atoms with van der Waals surface area (Å²) >= 11 is 0. The standard InChI is InChI=1S/C16H23N5O3/c1-20-5-7-21(8-6-20)19-16-11-9-12(22-2)14(23-3)15(24-4)13(11)17-10-18-16/h9-10H,5-8H2,1-4H3,(H,17,18,19). The zero-order chi connectivity index (χ0) is 17.1. The molecule has 8 nitrogen and oxygen atoms in total. The highest BCUT2D eigenvalue weighted by atomic mass is 16.5. The third kappa shape index (κ3) is 3.02. The maximum absolute atomic E-state index is 5.51. The minimum Gasteiger partial charge on any atom is -0.493 e. The lowest BCUT2D eigenvalue weighted by atomic mass is 10.2. The van der Waals surface area contributed by atoms with Crippen molar-refractivity contribution in [2.45, 2.75) is 0 Å². The van der Waals surface area contributed by atoms with Gasteiger partial charge in [-0.25, -0.2) is 15.0 Å². The average molecular weight is 333 g/mol. The Bertz CT molecular complexity index is 716. The SMILES string of the molecule is COc1cc2c(NN3CCN(C)CC3)ncnc2c(OC)c1OC. The molecular formula is C16H23N5O3. The Labute approximate surface area is 141 Å². The van der Waals surface area contributed by atoms with Crippen LogP contribution in [0.15, 0.2) is 12.4 Å². The molecule has 0 radical (unpaired) electrons. The summed E-state index contributed by atoms with van der Waals surface area (Å²) in [6.07, 6.45) is 1.52. The van der Waals surface area contributed by atoms with Crippen molar-refractivity contribution in [2.24, 2.45) is 0 Å². The van der Waals surface area contributed by atoms with E-state index in [9.17, 15) is 0 Å². The van der Waals surface area contributed by atoms with Gasteiger partial charge in [-0.15, -0.1) is 0 Å². The number of piperazine rings is 1. The Balaban J connectivity index is 2.03. The Hall–Kier alpha value is -2.32. The van der Waals surface area contributed by atoms with Crippen LogP contribution < -0.4 is 19.6 Å². The fourth-order valence-corrected chi connectivity index (χ4v) is 2.82. The van der Waals surface area contributed by atoms with E-state index in [1.54, 1.807) is 21.3 Å². The number of ether oxygens (including phenoxy) is 3. The van der Waals surface area contributed by atoms with Crippen molar-refractivity contribution in [1.82, 2.24) is 19.9 Å². The summed E-state index contributed by atoms with van der Waals surface area (Å²) in [6, 6.07) is 1.87. The van der Waals surface area contributed by atoms with E-state index in [1.807, 2.05) is 6.07 Å². The minimum atomic E-state index is 0.525. The van der Waals surface area contributed by atoms with E-state index in [-0.39, 0.29) is 0 Å². The third-order valence-corrected chi connectivity index (χ3v) is 4.20. The maximum atomic E-state index is 5.51. The molecule has 0 atom stereocenters. The number of nitrogens with zero attached hydrogens (tertiary/aromatic N) is 4. The topological polar surface area (TPSA) is 72.0 Å². The highest BCUT2D eigenvalue weighted by molar-refractivity contribution is 5.96. The van der Waals surface area contributed by atoms with Gasteiger partial charge in [-0.3, -0.25) is 0 Å². The van der Waals surface area contributed by atoms with Crippen LogP contribution in [0.1, 0.15) is 0 Å². The summed E-state index contributed by atoms with van der Waals surface area (Å²) in [7, 11) is 6.89. The van der Waals surface area contributed by atoms with E-state index in [0.717, 1.165) is 37.4 Å². The van der Waals surface area contributed by atoms with Gasteiger partial charge in [0.25, 0.3) is 0 Å². The Morgan fingerprint density at radius 3 is 2.29 bits per heavy atom. The van der Waals surface area contributed by atoms with Gasteiger partial charge in [0.2, 0.25) is 5.75 Å². The maximum Gasteiger partial charge on any atom is 0.205 e. The molecule has 130 valence electrons. The first-order valence-corrected chi connectivity index (χ1v) is 7.81. The predicted molar refractivity (Wildman–Crippen MR) is 91.9 cm³/mol. The molecule has 1 aromatic carbocycles.